The lowest BCUT2D eigenvalue weighted by atomic mass is 10.2. The number of hydrogen-bond acceptors (Lipinski definition) is 2. The minimum Gasteiger partial charge on any atom is -0.345 e. The summed E-state index contributed by atoms with van der Waals surface area (Å²) in [5.41, 5.74) is 3.26. The van der Waals surface area contributed by atoms with E-state index in [9.17, 15) is 0 Å². The monoisotopic (exact) mass is 147 g/mol. The van der Waals surface area contributed by atoms with Gasteiger partial charge >= 0.3 is 0 Å². The number of aromatic nitrogens is 3. The molecule has 0 spiro atoms. The lowest BCUT2D eigenvalue weighted by Crippen LogP contribution is -1.99. The van der Waals surface area contributed by atoms with Crippen LogP contribution in [0.5, 0.6) is 0 Å². The number of pyridine rings is 1. The molecule has 11 heavy (non-hydrogen) atoms. The highest BCUT2D eigenvalue weighted by atomic mass is 15.1. The molecule has 0 N–H and O–H groups in total. The summed E-state index contributed by atoms with van der Waals surface area (Å²) in [5, 5.41) is 7.78. The Morgan fingerprint density at radius 1 is 1.36 bits per heavy atom. The van der Waals surface area contributed by atoms with E-state index in [1.165, 1.54) is 5.69 Å². The number of hydrogen-bond donors (Lipinski definition) is 0. The second-order valence-electron chi connectivity index (χ2n) is 2.65. The van der Waals surface area contributed by atoms with E-state index < -0.39 is 0 Å². The van der Waals surface area contributed by atoms with Crippen LogP contribution in [0.15, 0.2) is 18.3 Å². The Bertz CT molecular complexity index is 351. The SMILES string of the molecule is Cc1ccc2nncc-2n1C. The molecule has 0 aromatic rings. The van der Waals surface area contributed by atoms with Crippen LogP contribution in [0, 0.1) is 6.92 Å². The molecule has 0 aromatic carbocycles. The summed E-state index contributed by atoms with van der Waals surface area (Å²) in [4.78, 5) is 0. The van der Waals surface area contributed by atoms with E-state index in [4.69, 9.17) is 0 Å². The Hall–Kier alpha value is -1.38. The van der Waals surface area contributed by atoms with E-state index >= 15 is 0 Å². The van der Waals surface area contributed by atoms with Crippen LogP contribution in [0.3, 0.4) is 0 Å². The van der Waals surface area contributed by atoms with Gasteiger partial charge in [-0.1, -0.05) is 0 Å². The lowest BCUT2D eigenvalue weighted by molar-refractivity contribution is 0.866. The molecule has 0 aromatic heterocycles. The summed E-state index contributed by atoms with van der Waals surface area (Å²) in [7, 11) is 2.01. The topological polar surface area (TPSA) is 30.7 Å². The number of rotatable bonds is 0. The summed E-state index contributed by atoms with van der Waals surface area (Å²) in [6, 6.07) is 4.02. The molecule has 0 saturated heterocycles. The Morgan fingerprint density at radius 3 is 3.00 bits per heavy atom. The van der Waals surface area contributed by atoms with Crippen molar-refractivity contribution in [1.82, 2.24) is 14.8 Å². The van der Waals surface area contributed by atoms with Gasteiger partial charge in [-0.2, -0.15) is 5.10 Å². The molecule has 2 aliphatic heterocycles. The average molecular weight is 147 g/mol. The van der Waals surface area contributed by atoms with Gasteiger partial charge in [0.2, 0.25) is 0 Å². The summed E-state index contributed by atoms with van der Waals surface area (Å²) in [6.45, 7) is 2.06. The normalized spacial score (nSPS) is 10.7. The summed E-state index contributed by atoms with van der Waals surface area (Å²) >= 11 is 0. The van der Waals surface area contributed by atoms with Crippen molar-refractivity contribution < 1.29 is 0 Å². The first-order chi connectivity index (χ1) is 5.29. The van der Waals surface area contributed by atoms with Crippen molar-refractivity contribution in [3.8, 4) is 11.4 Å². The lowest BCUT2D eigenvalue weighted by Gasteiger charge is -2.07. The van der Waals surface area contributed by atoms with Crippen LogP contribution in [0.2, 0.25) is 0 Å². The number of aryl methyl sites for hydroxylation is 1. The maximum Gasteiger partial charge on any atom is 0.111 e. The van der Waals surface area contributed by atoms with Gasteiger partial charge in [-0.3, -0.25) is 0 Å². The van der Waals surface area contributed by atoms with Gasteiger partial charge in [-0.05, 0) is 19.1 Å². The van der Waals surface area contributed by atoms with Crippen molar-refractivity contribution in [1.29, 1.82) is 0 Å². The van der Waals surface area contributed by atoms with Crippen molar-refractivity contribution in [3.63, 3.8) is 0 Å². The highest BCUT2D eigenvalue weighted by Gasteiger charge is 2.06. The molecule has 0 unspecified atom stereocenters. The fourth-order valence-corrected chi connectivity index (χ4v) is 1.14. The molecule has 2 aliphatic rings. The molecule has 2 rings (SSSR count). The van der Waals surface area contributed by atoms with E-state index in [0.29, 0.717) is 0 Å². The van der Waals surface area contributed by atoms with Gasteiger partial charge < -0.3 is 4.57 Å². The van der Waals surface area contributed by atoms with Gasteiger partial charge in [0.15, 0.2) is 0 Å². The van der Waals surface area contributed by atoms with Gasteiger partial charge in [0.05, 0.1) is 11.9 Å². The minimum absolute atomic E-state index is 0.957. The smallest absolute Gasteiger partial charge is 0.111 e. The first-order valence-electron chi connectivity index (χ1n) is 3.53. The van der Waals surface area contributed by atoms with Crippen LogP contribution in [-0.2, 0) is 7.05 Å². The van der Waals surface area contributed by atoms with Gasteiger partial charge in [0.25, 0.3) is 0 Å². The van der Waals surface area contributed by atoms with Crippen molar-refractivity contribution in [2.45, 2.75) is 6.92 Å². The minimum atomic E-state index is 0.957. The standard InChI is InChI=1S/C8H9N3/c1-6-3-4-7-8(11(6)2)5-9-10-7/h3-5H,1-2H3. The molecule has 0 saturated carbocycles. The Balaban J connectivity index is 2.81. The van der Waals surface area contributed by atoms with E-state index in [1.807, 2.05) is 19.2 Å². The molecule has 0 fully saturated rings. The molecule has 0 bridgehead atoms. The van der Waals surface area contributed by atoms with Crippen LogP contribution < -0.4 is 0 Å². The molecule has 2 heterocycles. The zero-order chi connectivity index (χ0) is 7.84. The van der Waals surface area contributed by atoms with Gasteiger partial charge in [0.1, 0.15) is 5.69 Å². The van der Waals surface area contributed by atoms with Crippen molar-refractivity contribution in [2.75, 3.05) is 0 Å². The van der Waals surface area contributed by atoms with Crippen LogP contribution in [-0.4, -0.2) is 14.8 Å². The van der Waals surface area contributed by atoms with E-state index in [2.05, 4.69) is 21.7 Å². The molecule has 0 aliphatic carbocycles. The molecule has 0 amide bonds. The molecular weight excluding hydrogens is 138 g/mol. The van der Waals surface area contributed by atoms with Crippen LogP contribution >= 0.6 is 0 Å². The maximum absolute atomic E-state index is 3.95. The van der Waals surface area contributed by atoms with Crippen molar-refractivity contribution in [3.05, 3.63) is 24.0 Å². The van der Waals surface area contributed by atoms with Crippen LogP contribution in [0.25, 0.3) is 11.4 Å². The molecule has 0 atom stereocenters. The Labute approximate surface area is 65.0 Å². The molecule has 0 radical (unpaired) electrons. The highest BCUT2D eigenvalue weighted by molar-refractivity contribution is 5.55. The predicted octanol–water partition coefficient (Wildman–Crippen LogP) is 1.23. The Morgan fingerprint density at radius 2 is 2.18 bits per heavy atom. The summed E-state index contributed by atoms with van der Waals surface area (Å²) in [5.74, 6) is 0. The van der Waals surface area contributed by atoms with Crippen LogP contribution in [0.4, 0.5) is 0 Å². The molecule has 3 nitrogen and oxygen atoms in total. The molecular formula is C8H9N3. The molecule has 3 heteroatoms. The summed E-state index contributed by atoms with van der Waals surface area (Å²) < 4.78 is 2.08. The quantitative estimate of drug-likeness (QED) is 0.561. The van der Waals surface area contributed by atoms with E-state index in [0.717, 1.165) is 11.4 Å². The largest absolute Gasteiger partial charge is 0.345 e. The first kappa shape index (κ1) is 6.34. The van der Waals surface area contributed by atoms with Gasteiger partial charge in [-0.25, -0.2) is 0 Å². The summed E-state index contributed by atoms with van der Waals surface area (Å²) in [6.07, 6.45) is 1.78. The molecule has 56 valence electrons. The highest BCUT2D eigenvalue weighted by Crippen LogP contribution is 2.17. The number of nitrogens with zero attached hydrogens (tertiary/aromatic N) is 3. The third-order valence-electron chi connectivity index (χ3n) is 1.98. The predicted molar refractivity (Wildman–Crippen MR) is 42.4 cm³/mol. The fraction of sp³-hybridized carbons (Fsp3) is 0.250. The van der Waals surface area contributed by atoms with Crippen LogP contribution in [0.1, 0.15) is 5.69 Å². The third kappa shape index (κ3) is 0.808. The fourth-order valence-electron chi connectivity index (χ4n) is 1.14. The van der Waals surface area contributed by atoms with Crippen molar-refractivity contribution in [2.24, 2.45) is 7.05 Å². The third-order valence-corrected chi connectivity index (χ3v) is 1.98. The zero-order valence-corrected chi connectivity index (χ0v) is 6.57. The Kier molecular flexibility index (Phi) is 1.18. The van der Waals surface area contributed by atoms with E-state index in [-0.39, 0.29) is 0 Å². The van der Waals surface area contributed by atoms with Crippen molar-refractivity contribution >= 4 is 0 Å². The number of fused-ring (bicyclic) bond motifs is 1. The van der Waals surface area contributed by atoms with Gasteiger partial charge in [-0.15, -0.1) is 5.10 Å². The second kappa shape index (κ2) is 2.05. The zero-order valence-electron chi connectivity index (χ0n) is 6.57. The van der Waals surface area contributed by atoms with Gasteiger partial charge in [0, 0.05) is 12.7 Å². The average Bonchev–Trinajstić information content (AvgIpc) is 2.45. The van der Waals surface area contributed by atoms with E-state index in [1.54, 1.807) is 6.20 Å². The maximum atomic E-state index is 3.95. The first-order valence-corrected chi connectivity index (χ1v) is 3.53. The second-order valence-corrected chi connectivity index (χ2v) is 2.65.